The van der Waals surface area contributed by atoms with E-state index in [0.717, 1.165) is 57.2 Å². The van der Waals surface area contributed by atoms with Crippen molar-refractivity contribution in [2.24, 2.45) is 0 Å². The van der Waals surface area contributed by atoms with E-state index < -0.39 is 0 Å². The zero-order valence-corrected chi connectivity index (χ0v) is 27.1. The van der Waals surface area contributed by atoms with Gasteiger partial charge in [-0.1, -0.05) is 18.7 Å². The van der Waals surface area contributed by atoms with Gasteiger partial charge in [0, 0.05) is 54.9 Å². The predicted octanol–water partition coefficient (Wildman–Crippen LogP) is 4.59. The average molecular weight is 598 g/mol. The molecular weight excluding hydrogens is 550 g/mol. The number of benzene rings is 2. The van der Waals surface area contributed by atoms with E-state index in [0.29, 0.717) is 31.2 Å². The lowest BCUT2D eigenvalue weighted by Crippen LogP contribution is -2.60. The molecule has 0 spiro atoms. The van der Waals surface area contributed by atoms with Crippen LogP contribution in [0.1, 0.15) is 53.3 Å². The zero-order valence-electron chi connectivity index (χ0n) is 27.1. The number of hydrogen-bond donors (Lipinski definition) is 1. The van der Waals surface area contributed by atoms with Crippen LogP contribution in [0.2, 0.25) is 0 Å². The van der Waals surface area contributed by atoms with Crippen LogP contribution in [-0.4, -0.2) is 82.5 Å². The molecule has 0 aliphatic carbocycles. The first-order valence-electron chi connectivity index (χ1n) is 14.7. The second-order valence-corrected chi connectivity index (χ2v) is 11.5. The Morgan fingerprint density at radius 3 is 2.40 bits per heavy atom. The minimum atomic E-state index is -0.142. The molecule has 236 valence electrons. The number of amides is 1. The van der Waals surface area contributed by atoms with E-state index in [2.05, 4.69) is 55.6 Å². The minimum absolute atomic E-state index is 0.0794. The molecule has 0 saturated carbocycles. The van der Waals surface area contributed by atoms with E-state index in [9.17, 15) is 4.79 Å². The quantitative estimate of drug-likeness (QED) is 0.279. The summed E-state index contributed by atoms with van der Waals surface area (Å²) in [4.78, 5) is 16.9. The van der Waals surface area contributed by atoms with E-state index >= 15 is 0 Å². The van der Waals surface area contributed by atoms with E-state index in [-0.39, 0.29) is 37.6 Å². The van der Waals surface area contributed by atoms with E-state index in [4.69, 9.17) is 28.4 Å². The molecule has 0 radical (unpaired) electrons. The number of fused-ring (bicyclic) bond motifs is 1. The third-order valence-electron chi connectivity index (χ3n) is 8.61. The molecule has 2 aliphatic rings. The first kappa shape index (κ1) is 32.4. The molecule has 1 N–H and O–H groups in total. The molecular formula is C33H47N3O7. The lowest BCUT2D eigenvalue weighted by Gasteiger charge is -2.50. The van der Waals surface area contributed by atoms with Gasteiger partial charge in [0.05, 0.1) is 19.8 Å². The fourth-order valence-corrected chi connectivity index (χ4v) is 6.48. The molecule has 43 heavy (non-hydrogen) atoms. The molecule has 1 amide bonds. The van der Waals surface area contributed by atoms with Crippen LogP contribution in [0.5, 0.6) is 28.7 Å². The SMILES string of the molecule is C=CCOc1c(C)c2c(c(C)c1CC1[C@@H](c3c(C)cc(C)c(OC)c3OCOC)N(C)C(C)CN1CNC(C)=O)OCO2. The van der Waals surface area contributed by atoms with Crippen molar-refractivity contribution < 1.29 is 33.2 Å². The second-order valence-electron chi connectivity index (χ2n) is 11.5. The van der Waals surface area contributed by atoms with Gasteiger partial charge in [-0.25, -0.2) is 0 Å². The monoisotopic (exact) mass is 597 g/mol. The summed E-state index contributed by atoms with van der Waals surface area (Å²) < 4.78 is 35.7. The van der Waals surface area contributed by atoms with Gasteiger partial charge >= 0.3 is 0 Å². The van der Waals surface area contributed by atoms with Crippen LogP contribution in [-0.2, 0) is 16.0 Å². The third kappa shape index (κ3) is 6.41. The van der Waals surface area contributed by atoms with Gasteiger partial charge < -0.3 is 33.7 Å². The molecule has 0 aromatic heterocycles. The summed E-state index contributed by atoms with van der Waals surface area (Å²) in [5, 5.41) is 3.05. The van der Waals surface area contributed by atoms with Gasteiger partial charge in [-0.05, 0) is 59.2 Å². The normalized spacial score (nSPS) is 20.2. The summed E-state index contributed by atoms with van der Waals surface area (Å²) in [5.41, 5.74) is 6.00. The van der Waals surface area contributed by atoms with Crippen molar-refractivity contribution in [3.05, 3.63) is 52.1 Å². The standard InChI is InChI=1S/C33H47N3O7/c1-11-12-40-30-23(6)32-31(42-18-43-32)22(5)25(30)14-26-28(35(8)21(4)15-36(26)16-34-24(7)37)27-19(2)13-20(3)29(39-10)33(27)41-17-38-9/h11,13,21,26,28H,1,12,14-18H2,2-10H3,(H,34,37)/t21?,26?,28-/m0/s1. The number of methoxy groups -OCH3 is 2. The highest BCUT2D eigenvalue weighted by Crippen LogP contribution is 2.50. The highest BCUT2D eigenvalue weighted by atomic mass is 16.7. The molecule has 0 bridgehead atoms. The highest BCUT2D eigenvalue weighted by Gasteiger charge is 2.43. The number of carbonyl (C=O) groups excluding carboxylic acids is 1. The van der Waals surface area contributed by atoms with Gasteiger partial charge in [0.15, 0.2) is 29.8 Å². The van der Waals surface area contributed by atoms with Gasteiger partial charge in [0.2, 0.25) is 12.7 Å². The molecule has 2 aromatic carbocycles. The number of aryl methyl sites for hydroxylation is 2. The van der Waals surface area contributed by atoms with Crippen LogP contribution in [0.15, 0.2) is 18.7 Å². The molecule has 10 heteroatoms. The van der Waals surface area contributed by atoms with Crippen LogP contribution < -0.4 is 29.0 Å². The van der Waals surface area contributed by atoms with Crippen molar-refractivity contribution in [1.82, 2.24) is 15.1 Å². The fraction of sp³-hybridized carbons (Fsp3) is 0.545. The Morgan fingerprint density at radius 1 is 1.07 bits per heavy atom. The molecule has 2 aromatic rings. The summed E-state index contributed by atoms with van der Waals surface area (Å²) in [7, 11) is 5.42. The predicted molar refractivity (Wildman–Crippen MR) is 166 cm³/mol. The van der Waals surface area contributed by atoms with Gasteiger partial charge in [0.1, 0.15) is 12.4 Å². The number of ether oxygens (including phenoxy) is 6. The molecule has 2 aliphatic heterocycles. The number of piperazine rings is 1. The number of nitrogens with one attached hydrogen (secondary N) is 1. The summed E-state index contributed by atoms with van der Waals surface area (Å²) in [6.45, 7) is 17.6. The van der Waals surface area contributed by atoms with Crippen LogP contribution in [0.4, 0.5) is 0 Å². The molecule has 1 saturated heterocycles. The van der Waals surface area contributed by atoms with Crippen molar-refractivity contribution in [2.75, 3.05) is 54.7 Å². The highest BCUT2D eigenvalue weighted by molar-refractivity contribution is 5.72. The summed E-state index contributed by atoms with van der Waals surface area (Å²) in [5.74, 6) is 3.51. The Bertz CT molecular complexity index is 1340. The number of rotatable bonds is 12. The van der Waals surface area contributed by atoms with Crippen LogP contribution in [0.25, 0.3) is 0 Å². The second kappa shape index (κ2) is 13.9. The van der Waals surface area contributed by atoms with E-state index in [1.54, 1.807) is 27.2 Å². The van der Waals surface area contributed by atoms with Gasteiger partial charge in [-0.15, -0.1) is 0 Å². The smallest absolute Gasteiger partial charge is 0.231 e. The summed E-state index contributed by atoms with van der Waals surface area (Å²) in [6.07, 6.45) is 2.35. The average Bonchev–Trinajstić information content (AvgIpc) is 3.47. The molecule has 4 rings (SSSR count). The molecule has 1 fully saturated rings. The third-order valence-corrected chi connectivity index (χ3v) is 8.61. The summed E-state index contributed by atoms with van der Waals surface area (Å²) >= 11 is 0. The van der Waals surface area contributed by atoms with Crippen molar-refractivity contribution in [3.8, 4) is 28.7 Å². The number of nitrogens with zero attached hydrogens (tertiary/aromatic N) is 2. The van der Waals surface area contributed by atoms with Gasteiger partial charge in [0.25, 0.3) is 0 Å². The minimum Gasteiger partial charge on any atom is -0.493 e. The van der Waals surface area contributed by atoms with Crippen LogP contribution in [0.3, 0.4) is 0 Å². The lowest BCUT2D eigenvalue weighted by molar-refractivity contribution is -0.120. The van der Waals surface area contributed by atoms with Crippen LogP contribution >= 0.6 is 0 Å². The number of likely N-dealkylation sites (N-methyl/N-ethyl adjacent to an activating group) is 1. The van der Waals surface area contributed by atoms with E-state index in [1.165, 1.54) is 0 Å². The first-order chi connectivity index (χ1) is 20.5. The Morgan fingerprint density at radius 2 is 1.77 bits per heavy atom. The lowest BCUT2D eigenvalue weighted by atomic mass is 9.83. The Balaban J connectivity index is 1.95. The van der Waals surface area contributed by atoms with Crippen LogP contribution in [0, 0.1) is 27.7 Å². The fourth-order valence-electron chi connectivity index (χ4n) is 6.48. The number of hydrogen-bond acceptors (Lipinski definition) is 9. The first-order valence-corrected chi connectivity index (χ1v) is 14.7. The Labute approximate surface area is 255 Å². The molecule has 10 nitrogen and oxygen atoms in total. The van der Waals surface area contributed by atoms with Crippen molar-refractivity contribution in [2.45, 2.75) is 66.1 Å². The zero-order chi connectivity index (χ0) is 31.4. The maximum atomic E-state index is 12.1. The maximum Gasteiger partial charge on any atom is 0.231 e. The Kier molecular flexibility index (Phi) is 10.5. The molecule has 2 unspecified atom stereocenters. The number of carbonyl (C=O) groups is 1. The molecule has 2 heterocycles. The van der Waals surface area contributed by atoms with Crippen molar-refractivity contribution in [3.63, 3.8) is 0 Å². The Hall–Kier alpha value is -3.47. The largest absolute Gasteiger partial charge is 0.493 e. The van der Waals surface area contributed by atoms with E-state index in [1.807, 2.05) is 13.8 Å². The topological polar surface area (TPSA) is 91.0 Å². The van der Waals surface area contributed by atoms with Crippen molar-refractivity contribution in [1.29, 1.82) is 0 Å². The van der Waals surface area contributed by atoms with Gasteiger partial charge in [-0.2, -0.15) is 0 Å². The maximum absolute atomic E-state index is 12.1. The summed E-state index contributed by atoms with van der Waals surface area (Å²) in [6, 6.07) is 2.07. The van der Waals surface area contributed by atoms with Gasteiger partial charge in [-0.3, -0.25) is 14.6 Å². The van der Waals surface area contributed by atoms with Crippen molar-refractivity contribution >= 4 is 5.91 Å². The molecule has 3 atom stereocenters.